The molecular weight excluding hydrogens is 488 g/mol. The number of nitrogens with one attached hydrogen (secondary N) is 1. The van der Waals surface area contributed by atoms with Crippen LogP contribution in [0.25, 0.3) is 0 Å². The Morgan fingerprint density at radius 1 is 0.973 bits per heavy atom. The molecule has 0 radical (unpaired) electrons. The highest BCUT2D eigenvalue weighted by atomic mass is 32.2. The largest absolute Gasteiger partial charge is 0.476 e. The van der Waals surface area contributed by atoms with E-state index in [0.717, 1.165) is 29.5 Å². The van der Waals surface area contributed by atoms with Gasteiger partial charge in [0.25, 0.3) is 15.9 Å². The molecular formula is C29H32N2O5S. The van der Waals surface area contributed by atoms with Crippen molar-refractivity contribution in [1.29, 1.82) is 0 Å². The van der Waals surface area contributed by atoms with Crippen LogP contribution in [-0.4, -0.2) is 46.7 Å². The highest BCUT2D eigenvalue weighted by molar-refractivity contribution is 7.92. The van der Waals surface area contributed by atoms with E-state index in [0.29, 0.717) is 31.2 Å². The summed E-state index contributed by atoms with van der Waals surface area (Å²) >= 11 is 0. The van der Waals surface area contributed by atoms with Crippen molar-refractivity contribution in [2.24, 2.45) is 0 Å². The van der Waals surface area contributed by atoms with Crippen LogP contribution in [0, 0.1) is 13.8 Å². The van der Waals surface area contributed by atoms with Gasteiger partial charge in [0.05, 0.1) is 17.1 Å². The van der Waals surface area contributed by atoms with Gasteiger partial charge >= 0.3 is 0 Å². The third-order valence-corrected chi connectivity index (χ3v) is 9.12. The fourth-order valence-electron chi connectivity index (χ4n) is 5.05. The molecule has 2 aliphatic rings. The van der Waals surface area contributed by atoms with Gasteiger partial charge in [0.1, 0.15) is 5.75 Å². The molecule has 1 amide bonds. The standard InChI is InChI=1S/C29H32N2O5S/c1-21-8-11-24(12-9-21)37(33,34)31-19-27(36-26-18-22(2)10-13-25(26)31)28(32)30-20-29(14-16-35-17-15-29)23-6-4-3-5-7-23/h3-13,18,27H,14-17,19-20H2,1-2H3,(H,30,32). The number of carbonyl (C=O) groups is 1. The van der Waals surface area contributed by atoms with Crippen LogP contribution in [-0.2, 0) is 25.0 Å². The number of carbonyl (C=O) groups excluding carboxylic acids is 1. The van der Waals surface area contributed by atoms with Crippen molar-refractivity contribution in [2.45, 2.75) is 43.1 Å². The molecule has 1 unspecified atom stereocenters. The van der Waals surface area contributed by atoms with Gasteiger partial charge in [-0.1, -0.05) is 54.1 Å². The van der Waals surface area contributed by atoms with E-state index in [1.807, 2.05) is 38.1 Å². The van der Waals surface area contributed by atoms with E-state index in [-0.39, 0.29) is 22.8 Å². The minimum atomic E-state index is -3.91. The van der Waals surface area contributed by atoms with Crippen LogP contribution in [0.3, 0.4) is 0 Å². The van der Waals surface area contributed by atoms with E-state index in [4.69, 9.17) is 9.47 Å². The number of anilines is 1. The Kier molecular flexibility index (Phi) is 6.96. The summed E-state index contributed by atoms with van der Waals surface area (Å²) in [6, 6.07) is 22.2. The van der Waals surface area contributed by atoms with Crippen LogP contribution in [0.1, 0.15) is 29.5 Å². The maximum absolute atomic E-state index is 13.7. The average molecular weight is 521 g/mol. The maximum atomic E-state index is 13.7. The molecule has 1 fully saturated rings. The first-order valence-electron chi connectivity index (χ1n) is 12.6. The zero-order valence-corrected chi connectivity index (χ0v) is 22.0. The first kappa shape index (κ1) is 25.3. The number of hydrogen-bond acceptors (Lipinski definition) is 5. The van der Waals surface area contributed by atoms with Crippen molar-refractivity contribution in [2.75, 3.05) is 30.6 Å². The Morgan fingerprint density at radius 3 is 2.35 bits per heavy atom. The lowest BCUT2D eigenvalue weighted by atomic mass is 9.74. The SMILES string of the molecule is Cc1ccc(S(=O)(=O)N2CC(C(=O)NCC3(c4ccccc4)CCOCC3)Oc3cc(C)ccc32)cc1. The molecule has 194 valence electrons. The molecule has 8 heteroatoms. The molecule has 37 heavy (non-hydrogen) atoms. The van der Waals surface area contributed by atoms with Crippen LogP contribution in [0.2, 0.25) is 0 Å². The summed E-state index contributed by atoms with van der Waals surface area (Å²) in [6.45, 7) is 5.37. The summed E-state index contributed by atoms with van der Waals surface area (Å²) < 4.78 is 40.4. The molecule has 0 spiro atoms. The first-order valence-corrected chi connectivity index (χ1v) is 14.0. The van der Waals surface area contributed by atoms with Crippen molar-refractivity contribution in [1.82, 2.24) is 5.32 Å². The van der Waals surface area contributed by atoms with Crippen molar-refractivity contribution >= 4 is 21.6 Å². The van der Waals surface area contributed by atoms with Gasteiger partial charge in [-0.25, -0.2) is 8.42 Å². The number of ether oxygens (including phenoxy) is 2. The van der Waals surface area contributed by atoms with Gasteiger partial charge in [0.2, 0.25) is 0 Å². The summed E-state index contributed by atoms with van der Waals surface area (Å²) in [4.78, 5) is 13.7. The fourth-order valence-corrected chi connectivity index (χ4v) is 6.53. The molecule has 1 atom stereocenters. The molecule has 3 aromatic carbocycles. The van der Waals surface area contributed by atoms with Crippen molar-refractivity contribution in [3.63, 3.8) is 0 Å². The lowest BCUT2D eigenvalue weighted by Gasteiger charge is -2.39. The molecule has 5 rings (SSSR count). The minimum absolute atomic E-state index is 0.112. The zero-order chi connectivity index (χ0) is 26.0. The van der Waals surface area contributed by atoms with E-state index < -0.39 is 16.1 Å². The van der Waals surface area contributed by atoms with Gasteiger partial charge in [0.15, 0.2) is 6.10 Å². The molecule has 3 aromatic rings. The van der Waals surface area contributed by atoms with E-state index in [1.165, 1.54) is 4.31 Å². The third-order valence-electron chi connectivity index (χ3n) is 7.32. The summed E-state index contributed by atoms with van der Waals surface area (Å²) in [6.07, 6.45) is 0.597. The number of amides is 1. The van der Waals surface area contributed by atoms with Crippen LogP contribution < -0.4 is 14.4 Å². The summed E-state index contributed by atoms with van der Waals surface area (Å²) in [5.41, 5.74) is 3.23. The topological polar surface area (TPSA) is 84.9 Å². The van der Waals surface area contributed by atoms with Crippen molar-refractivity contribution in [3.05, 3.63) is 89.5 Å². The lowest BCUT2D eigenvalue weighted by Crippen LogP contribution is -2.53. The Labute approximate surface area is 218 Å². The van der Waals surface area contributed by atoms with Crippen LogP contribution >= 0.6 is 0 Å². The zero-order valence-electron chi connectivity index (χ0n) is 21.1. The Balaban J connectivity index is 1.41. The molecule has 0 aromatic heterocycles. The predicted molar refractivity (Wildman–Crippen MR) is 142 cm³/mol. The van der Waals surface area contributed by atoms with Crippen LogP contribution in [0.15, 0.2) is 77.7 Å². The molecule has 0 aliphatic carbocycles. The number of rotatable bonds is 6. The number of hydrogen-bond donors (Lipinski definition) is 1. The van der Waals surface area contributed by atoms with E-state index in [9.17, 15) is 13.2 Å². The van der Waals surface area contributed by atoms with Crippen LogP contribution in [0.4, 0.5) is 5.69 Å². The van der Waals surface area contributed by atoms with E-state index in [2.05, 4.69) is 17.4 Å². The average Bonchev–Trinajstić information content (AvgIpc) is 2.92. The Bertz CT molecular complexity index is 1370. The molecule has 1 N–H and O–H groups in total. The third kappa shape index (κ3) is 5.08. The fraction of sp³-hybridized carbons (Fsp3) is 0.345. The number of fused-ring (bicyclic) bond motifs is 1. The quantitative estimate of drug-likeness (QED) is 0.529. The molecule has 2 heterocycles. The number of sulfonamides is 1. The van der Waals surface area contributed by atoms with Gasteiger partial charge in [-0.2, -0.15) is 0 Å². The second kappa shape index (κ2) is 10.2. The van der Waals surface area contributed by atoms with E-state index in [1.54, 1.807) is 36.4 Å². The van der Waals surface area contributed by atoms with Crippen LogP contribution in [0.5, 0.6) is 5.75 Å². The Hall–Kier alpha value is -3.36. The monoisotopic (exact) mass is 520 g/mol. The second-order valence-electron chi connectivity index (χ2n) is 9.90. The highest BCUT2D eigenvalue weighted by Crippen LogP contribution is 2.38. The lowest BCUT2D eigenvalue weighted by molar-refractivity contribution is -0.128. The smallest absolute Gasteiger partial charge is 0.264 e. The van der Waals surface area contributed by atoms with Gasteiger partial charge in [-0.3, -0.25) is 9.10 Å². The number of nitrogens with zero attached hydrogens (tertiary/aromatic N) is 1. The van der Waals surface area contributed by atoms with Crippen molar-refractivity contribution < 1.29 is 22.7 Å². The van der Waals surface area contributed by atoms with Gasteiger partial charge in [0, 0.05) is 25.2 Å². The molecule has 0 bridgehead atoms. The summed E-state index contributed by atoms with van der Waals surface area (Å²) in [5.74, 6) is 0.0454. The molecule has 2 aliphatic heterocycles. The normalized spacial score (nSPS) is 19.0. The molecule has 1 saturated heterocycles. The predicted octanol–water partition coefficient (Wildman–Crippen LogP) is 4.12. The van der Waals surface area contributed by atoms with E-state index >= 15 is 0 Å². The second-order valence-corrected chi connectivity index (χ2v) is 11.8. The molecule has 0 saturated carbocycles. The number of benzene rings is 3. The first-order chi connectivity index (χ1) is 17.8. The maximum Gasteiger partial charge on any atom is 0.264 e. The summed E-state index contributed by atoms with van der Waals surface area (Å²) in [5, 5.41) is 3.09. The van der Waals surface area contributed by atoms with Gasteiger partial charge < -0.3 is 14.8 Å². The van der Waals surface area contributed by atoms with Crippen molar-refractivity contribution in [3.8, 4) is 5.75 Å². The Morgan fingerprint density at radius 2 is 1.65 bits per heavy atom. The summed E-state index contributed by atoms with van der Waals surface area (Å²) in [7, 11) is -3.91. The highest BCUT2D eigenvalue weighted by Gasteiger charge is 2.40. The minimum Gasteiger partial charge on any atom is -0.476 e. The van der Waals surface area contributed by atoms with Gasteiger partial charge in [-0.05, 0) is 62.1 Å². The van der Waals surface area contributed by atoms with Gasteiger partial charge in [-0.15, -0.1) is 0 Å². The molecule has 7 nitrogen and oxygen atoms in total. The number of aryl methyl sites for hydroxylation is 2.